The van der Waals surface area contributed by atoms with Gasteiger partial charge < -0.3 is 10.3 Å². The molecule has 1 saturated heterocycles. The van der Waals surface area contributed by atoms with Crippen LogP contribution in [-0.4, -0.2) is 15.9 Å². The summed E-state index contributed by atoms with van der Waals surface area (Å²) in [5, 5.41) is 4.44. The molecule has 1 aliphatic rings. The van der Waals surface area contributed by atoms with Crippen LogP contribution in [0.4, 0.5) is 0 Å². The van der Waals surface area contributed by atoms with Crippen molar-refractivity contribution in [1.82, 2.24) is 10.1 Å². The molecule has 3 rings (SSSR count). The summed E-state index contributed by atoms with van der Waals surface area (Å²) in [5.74, 6) is 2.62. The van der Waals surface area contributed by atoms with Crippen molar-refractivity contribution in [2.75, 3.05) is 5.75 Å². The molecule has 0 radical (unpaired) electrons. The third-order valence-electron chi connectivity index (χ3n) is 3.09. The fourth-order valence-corrected chi connectivity index (χ4v) is 3.24. The Labute approximate surface area is 110 Å². The van der Waals surface area contributed by atoms with E-state index in [1.54, 1.807) is 0 Å². The zero-order valence-electron chi connectivity index (χ0n) is 10.0. The molecular weight excluding hydrogens is 246 g/mol. The first-order chi connectivity index (χ1) is 8.86. The summed E-state index contributed by atoms with van der Waals surface area (Å²) in [4.78, 5) is 4.49. The van der Waals surface area contributed by atoms with Crippen molar-refractivity contribution in [3.63, 3.8) is 0 Å². The van der Waals surface area contributed by atoms with E-state index < -0.39 is 0 Å². The Bertz CT molecular complexity index is 517. The summed E-state index contributed by atoms with van der Waals surface area (Å²) in [6, 6.07) is 7.96. The zero-order valence-corrected chi connectivity index (χ0v) is 10.8. The van der Waals surface area contributed by atoms with Crippen LogP contribution in [0.15, 0.2) is 28.8 Å². The molecule has 2 heterocycles. The zero-order chi connectivity index (χ0) is 12.4. The van der Waals surface area contributed by atoms with Gasteiger partial charge in [0.05, 0.1) is 5.25 Å². The molecule has 1 aromatic heterocycles. The predicted molar refractivity (Wildman–Crippen MR) is 72.1 cm³/mol. The van der Waals surface area contributed by atoms with Gasteiger partial charge in [-0.1, -0.05) is 29.4 Å². The van der Waals surface area contributed by atoms with E-state index in [9.17, 15) is 0 Å². The molecule has 4 nitrogen and oxygen atoms in total. The van der Waals surface area contributed by atoms with Crippen molar-refractivity contribution in [2.45, 2.75) is 24.6 Å². The van der Waals surface area contributed by atoms with Gasteiger partial charge in [-0.15, -0.1) is 11.8 Å². The Morgan fingerprint density at radius 2 is 2.17 bits per heavy atom. The Hall–Kier alpha value is -1.33. The van der Waals surface area contributed by atoms with Gasteiger partial charge in [-0.3, -0.25) is 0 Å². The third-order valence-corrected chi connectivity index (χ3v) is 4.46. The lowest BCUT2D eigenvalue weighted by atomic mass is 10.1. The second kappa shape index (κ2) is 5.12. The number of benzene rings is 1. The normalized spacial score (nSPS) is 19.3. The number of nitrogens with zero attached hydrogens (tertiary/aromatic N) is 2. The highest BCUT2D eigenvalue weighted by Crippen LogP contribution is 2.39. The highest BCUT2D eigenvalue weighted by atomic mass is 32.2. The van der Waals surface area contributed by atoms with Crippen molar-refractivity contribution in [2.24, 2.45) is 5.73 Å². The number of aromatic nitrogens is 2. The maximum absolute atomic E-state index is 5.57. The molecule has 0 bridgehead atoms. The van der Waals surface area contributed by atoms with E-state index in [1.807, 2.05) is 36.0 Å². The Balaban J connectivity index is 1.82. The van der Waals surface area contributed by atoms with E-state index in [4.69, 9.17) is 10.3 Å². The minimum atomic E-state index is 0.384. The van der Waals surface area contributed by atoms with Gasteiger partial charge in [-0.05, 0) is 24.2 Å². The fourth-order valence-electron chi connectivity index (χ4n) is 2.05. The van der Waals surface area contributed by atoms with Gasteiger partial charge in [0.15, 0.2) is 0 Å². The van der Waals surface area contributed by atoms with Gasteiger partial charge >= 0.3 is 0 Å². The van der Waals surface area contributed by atoms with Gasteiger partial charge in [-0.25, -0.2) is 0 Å². The molecule has 5 heteroatoms. The third kappa shape index (κ3) is 2.28. The highest BCUT2D eigenvalue weighted by molar-refractivity contribution is 7.99. The molecule has 18 heavy (non-hydrogen) atoms. The molecule has 1 atom stereocenters. The summed E-state index contributed by atoms with van der Waals surface area (Å²) in [7, 11) is 0. The molecular formula is C13H15N3OS. The molecule has 2 aromatic rings. The lowest BCUT2D eigenvalue weighted by Gasteiger charge is -1.99. The monoisotopic (exact) mass is 261 g/mol. The Kier molecular flexibility index (Phi) is 3.34. The average molecular weight is 261 g/mol. The Morgan fingerprint density at radius 3 is 2.83 bits per heavy atom. The molecule has 0 amide bonds. The lowest BCUT2D eigenvalue weighted by molar-refractivity contribution is 0.375. The van der Waals surface area contributed by atoms with Crippen molar-refractivity contribution < 1.29 is 4.52 Å². The van der Waals surface area contributed by atoms with Crippen LogP contribution in [0.5, 0.6) is 0 Å². The summed E-state index contributed by atoms with van der Waals surface area (Å²) in [5.41, 5.74) is 7.66. The SMILES string of the molecule is NCc1ccc(-c2noc(C3CCCS3)n2)cc1. The summed E-state index contributed by atoms with van der Waals surface area (Å²) >= 11 is 1.90. The van der Waals surface area contributed by atoms with E-state index in [0.29, 0.717) is 17.6 Å². The molecule has 1 aliphatic heterocycles. The predicted octanol–water partition coefficient (Wildman–Crippen LogP) is 2.76. The second-order valence-corrected chi connectivity index (χ2v) is 5.67. The van der Waals surface area contributed by atoms with Crippen LogP contribution in [0.3, 0.4) is 0 Å². The second-order valence-electron chi connectivity index (χ2n) is 4.36. The summed E-state index contributed by atoms with van der Waals surface area (Å²) < 4.78 is 5.35. The van der Waals surface area contributed by atoms with Crippen LogP contribution in [0.2, 0.25) is 0 Å². The largest absolute Gasteiger partial charge is 0.338 e. The van der Waals surface area contributed by atoms with Crippen molar-refractivity contribution >= 4 is 11.8 Å². The van der Waals surface area contributed by atoms with Crippen LogP contribution in [0, 0.1) is 0 Å². The van der Waals surface area contributed by atoms with Crippen LogP contribution >= 0.6 is 11.8 Å². The number of nitrogens with two attached hydrogens (primary N) is 1. The first-order valence-corrected chi connectivity index (χ1v) is 7.16. The van der Waals surface area contributed by atoms with Crippen LogP contribution in [-0.2, 0) is 6.54 Å². The van der Waals surface area contributed by atoms with Gasteiger partial charge in [0, 0.05) is 12.1 Å². The van der Waals surface area contributed by atoms with E-state index in [2.05, 4.69) is 10.1 Å². The van der Waals surface area contributed by atoms with E-state index in [1.165, 1.54) is 12.2 Å². The van der Waals surface area contributed by atoms with E-state index >= 15 is 0 Å². The number of rotatable bonds is 3. The van der Waals surface area contributed by atoms with E-state index in [0.717, 1.165) is 23.4 Å². The quantitative estimate of drug-likeness (QED) is 0.920. The standard InChI is InChI=1S/C13H15N3OS/c14-8-9-3-5-10(6-4-9)12-15-13(17-16-12)11-2-1-7-18-11/h3-6,11H,1-2,7-8,14H2. The molecule has 0 aliphatic carbocycles. The van der Waals surface area contributed by atoms with Crippen molar-refractivity contribution in [3.8, 4) is 11.4 Å². The molecule has 0 saturated carbocycles. The molecule has 1 fully saturated rings. The van der Waals surface area contributed by atoms with Gasteiger partial charge in [0.1, 0.15) is 0 Å². The lowest BCUT2D eigenvalue weighted by Crippen LogP contribution is -1.95. The topological polar surface area (TPSA) is 64.9 Å². The van der Waals surface area contributed by atoms with Gasteiger partial charge in [0.2, 0.25) is 11.7 Å². The molecule has 0 spiro atoms. The fraction of sp³-hybridized carbons (Fsp3) is 0.385. The molecule has 1 unspecified atom stereocenters. The van der Waals surface area contributed by atoms with E-state index in [-0.39, 0.29) is 0 Å². The smallest absolute Gasteiger partial charge is 0.240 e. The van der Waals surface area contributed by atoms with Crippen LogP contribution < -0.4 is 5.73 Å². The highest BCUT2D eigenvalue weighted by Gasteiger charge is 2.23. The Morgan fingerprint density at radius 1 is 1.33 bits per heavy atom. The van der Waals surface area contributed by atoms with Crippen molar-refractivity contribution in [3.05, 3.63) is 35.7 Å². The maximum atomic E-state index is 5.57. The molecule has 2 N–H and O–H groups in total. The first-order valence-electron chi connectivity index (χ1n) is 6.11. The minimum absolute atomic E-state index is 0.384. The first kappa shape index (κ1) is 11.7. The summed E-state index contributed by atoms with van der Waals surface area (Å²) in [6.07, 6.45) is 2.37. The maximum Gasteiger partial charge on any atom is 0.240 e. The minimum Gasteiger partial charge on any atom is -0.338 e. The molecule has 1 aromatic carbocycles. The van der Waals surface area contributed by atoms with Crippen molar-refractivity contribution in [1.29, 1.82) is 0 Å². The van der Waals surface area contributed by atoms with Crippen LogP contribution in [0.25, 0.3) is 11.4 Å². The van der Waals surface area contributed by atoms with Gasteiger partial charge in [0.25, 0.3) is 0 Å². The van der Waals surface area contributed by atoms with Crippen LogP contribution in [0.1, 0.15) is 29.5 Å². The number of hydrogen-bond acceptors (Lipinski definition) is 5. The molecule has 94 valence electrons. The average Bonchev–Trinajstić information content (AvgIpc) is 3.09. The number of hydrogen-bond donors (Lipinski definition) is 1. The number of thioether (sulfide) groups is 1. The van der Waals surface area contributed by atoms with Gasteiger partial charge in [-0.2, -0.15) is 4.98 Å². The summed E-state index contributed by atoms with van der Waals surface area (Å²) in [6.45, 7) is 0.552.